The molecular weight excluding hydrogens is 374 g/mol. The van der Waals surface area contributed by atoms with Gasteiger partial charge in [-0.3, -0.25) is 14.7 Å². The van der Waals surface area contributed by atoms with Crippen LogP contribution in [0.3, 0.4) is 0 Å². The van der Waals surface area contributed by atoms with Crippen molar-refractivity contribution in [2.24, 2.45) is 4.99 Å². The minimum absolute atomic E-state index is 0.164. The van der Waals surface area contributed by atoms with Crippen LogP contribution in [-0.4, -0.2) is 67.0 Å². The molecule has 2 fully saturated rings. The van der Waals surface area contributed by atoms with E-state index in [1.54, 1.807) is 0 Å². The van der Waals surface area contributed by atoms with Gasteiger partial charge >= 0.3 is 0 Å². The number of carbonyl (C=O) groups is 1. The molecule has 0 aromatic heterocycles. The summed E-state index contributed by atoms with van der Waals surface area (Å²) in [7, 11) is 0. The van der Waals surface area contributed by atoms with Crippen LogP contribution in [0, 0.1) is 0 Å². The molecule has 7 heteroatoms. The SMILES string of the molecule is CCNC(=NCCCC(=O)NC1CC1)N1CCN(Cc2cccc(Cl)c2)CC1. The molecule has 1 aliphatic heterocycles. The van der Waals surface area contributed by atoms with E-state index in [4.69, 9.17) is 16.6 Å². The summed E-state index contributed by atoms with van der Waals surface area (Å²) in [6.45, 7) is 8.46. The number of halogens is 1. The molecule has 1 aliphatic carbocycles. The second kappa shape index (κ2) is 10.7. The number of guanidine groups is 1. The number of nitrogens with zero attached hydrogens (tertiary/aromatic N) is 3. The zero-order valence-electron chi connectivity index (χ0n) is 16.8. The van der Waals surface area contributed by atoms with Gasteiger partial charge in [-0.05, 0) is 43.9 Å². The largest absolute Gasteiger partial charge is 0.357 e. The molecule has 3 rings (SSSR count). The number of nitrogens with one attached hydrogen (secondary N) is 2. The molecule has 2 aliphatic rings. The van der Waals surface area contributed by atoms with E-state index in [1.165, 1.54) is 5.56 Å². The molecule has 1 heterocycles. The van der Waals surface area contributed by atoms with E-state index in [0.717, 1.165) is 69.5 Å². The molecule has 0 bridgehead atoms. The van der Waals surface area contributed by atoms with E-state index < -0.39 is 0 Å². The first-order valence-corrected chi connectivity index (χ1v) is 10.8. The van der Waals surface area contributed by atoms with Crippen molar-refractivity contribution >= 4 is 23.5 Å². The number of hydrogen-bond donors (Lipinski definition) is 2. The highest BCUT2D eigenvalue weighted by molar-refractivity contribution is 6.30. The molecule has 6 nitrogen and oxygen atoms in total. The van der Waals surface area contributed by atoms with Gasteiger partial charge in [0.05, 0.1) is 0 Å². The van der Waals surface area contributed by atoms with Gasteiger partial charge in [0.1, 0.15) is 0 Å². The lowest BCUT2D eigenvalue weighted by atomic mass is 10.2. The van der Waals surface area contributed by atoms with Crippen molar-refractivity contribution in [2.45, 2.75) is 45.2 Å². The molecule has 0 radical (unpaired) electrons. The summed E-state index contributed by atoms with van der Waals surface area (Å²) < 4.78 is 0. The zero-order chi connectivity index (χ0) is 19.8. The van der Waals surface area contributed by atoms with Gasteiger partial charge in [0, 0.05) is 63.3 Å². The van der Waals surface area contributed by atoms with Crippen LogP contribution in [0.1, 0.15) is 38.2 Å². The van der Waals surface area contributed by atoms with Crippen LogP contribution in [0.25, 0.3) is 0 Å². The summed E-state index contributed by atoms with van der Waals surface area (Å²) in [5, 5.41) is 7.22. The monoisotopic (exact) mass is 405 g/mol. The molecule has 2 N–H and O–H groups in total. The maximum Gasteiger partial charge on any atom is 0.220 e. The second-order valence-corrected chi connectivity index (χ2v) is 8.01. The maximum absolute atomic E-state index is 11.8. The summed E-state index contributed by atoms with van der Waals surface area (Å²) in [4.78, 5) is 21.3. The lowest BCUT2D eigenvalue weighted by Gasteiger charge is -2.36. The van der Waals surface area contributed by atoms with Crippen LogP contribution in [0.15, 0.2) is 29.3 Å². The summed E-state index contributed by atoms with van der Waals surface area (Å²) in [5.74, 6) is 1.13. The highest BCUT2D eigenvalue weighted by Crippen LogP contribution is 2.18. The second-order valence-electron chi connectivity index (χ2n) is 7.57. The minimum Gasteiger partial charge on any atom is -0.357 e. The van der Waals surface area contributed by atoms with Crippen molar-refractivity contribution in [3.8, 4) is 0 Å². The number of amides is 1. The van der Waals surface area contributed by atoms with Gasteiger partial charge in [-0.15, -0.1) is 0 Å². The van der Waals surface area contributed by atoms with E-state index >= 15 is 0 Å². The molecule has 1 saturated heterocycles. The smallest absolute Gasteiger partial charge is 0.220 e. The number of carbonyl (C=O) groups excluding carboxylic acids is 1. The van der Waals surface area contributed by atoms with Gasteiger partial charge < -0.3 is 15.5 Å². The number of rotatable bonds is 8. The van der Waals surface area contributed by atoms with Gasteiger partial charge in [-0.25, -0.2) is 0 Å². The fourth-order valence-corrected chi connectivity index (χ4v) is 3.60. The number of piperazine rings is 1. The van der Waals surface area contributed by atoms with E-state index in [-0.39, 0.29) is 5.91 Å². The summed E-state index contributed by atoms with van der Waals surface area (Å²) in [6, 6.07) is 8.53. The molecule has 28 heavy (non-hydrogen) atoms. The molecule has 1 saturated carbocycles. The molecule has 154 valence electrons. The fourth-order valence-electron chi connectivity index (χ4n) is 3.39. The van der Waals surface area contributed by atoms with Crippen LogP contribution in [-0.2, 0) is 11.3 Å². The van der Waals surface area contributed by atoms with Gasteiger partial charge in [0.25, 0.3) is 0 Å². The standard InChI is InChI=1S/C21H32ClN5O/c1-2-23-21(24-10-4-7-20(28)25-19-8-9-19)27-13-11-26(12-14-27)16-17-5-3-6-18(22)15-17/h3,5-6,15,19H,2,4,7-14,16H2,1H3,(H,23,24)(H,25,28). The lowest BCUT2D eigenvalue weighted by molar-refractivity contribution is -0.121. The van der Waals surface area contributed by atoms with Crippen LogP contribution >= 0.6 is 11.6 Å². The predicted molar refractivity (Wildman–Crippen MR) is 115 cm³/mol. The van der Waals surface area contributed by atoms with Gasteiger partial charge in [0.2, 0.25) is 5.91 Å². The van der Waals surface area contributed by atoms with Crippen molar-refractivity contribution in [3.05, 3.63) is 34.9 Å². The predicted octanol–water partition coefficient (Wildman–Crippen LogP) is 2.48. The van der Waals surface area contributed by atoms with E-state index in [1.807, 2.05) is 18.2 Å². The van der Waals surface area contributed by atoms with Gasteiger partial charge in [-0.2, -0.15) is 0 Å². The Morgan fingerprint density at radius 1 is 1.25 bits per heavy atom. The Hall–Kier alpha value is -1.79. The average molecular weight is 406 g/mol. The molecular formula is C21H32ClN5O. The topological polar surface area (TPSA) is 60.0 Å². The fraction of sp³-hybridized carbons (Fsp3) is 0.619. The quantitative estimate of drug-likeness (QED) is 0.396. The van der Waals surface area contributed by atoms with Crippen molar-refractivity contribution in [2.75, 3.05) is 39.3 Å². The first-order chi connectivity index (χ1) is 13.6. The van der Waals surface area contributed by atoms with Crippen molar-refractivity contribution in [3.63, 3.8) is 0 Å². The average Bonchev–Trinajstić information content (AvgIpc) is 3.49. The highest BCUT2D eigenvalue weighted by atomic mass is 35.5. The third-order valence-corrected chi connectivity index (χ3v) is 5.30. The highest BCUT2D eigenvalue weighted by Gasteiger charge is 2.23. The maximum atomic E-state index is 11.8. The number of benzene rings is 1. The molecule has 1 aromatic rings. The molecule has 0 atom stereocenters. The third kappa shape index (κ3) is 6.99. The normalized spacial score (nSPS) is 18.2. The first-order valence-electron chi connectivity index (χ1n) is 10.4. The van der Waals surface area contributed by atoms with Crippen molar-refractivity contribution < 1.29 is 4.79 Å². The zero-order valence-corrected chi connectivity index (χ0v) is 17.5. The Morgan fingerprint density at radius 2 is 2.04 bits per heavy atom. The van der Waals surface area contributed by atoms with E-state index in [2.05, 4.69) is 33.4 Å². The summed E-state index contributed by atoms with van der Waals surface area (Å²) >= 11 is 6.09. The lowest BCUT2D eigenvalue weighted by Crippen LogP contribution is -2.52. The number of aliphatic imine (C=N–C) groups is 1. The van der Waals surface area contributed by atoms with Crippen LogP contribution in [0.4, 0.5) is 0 Å². The molecule has 1 aromatic carbocycles. The third-order valence-electron chi connectivity index (χ3n) is 5.07. The Morgan fingerprint density at radius 3 is 2.71 bits per heavy atom. The van der Waals surface area contributed by atoms with Gasteiger partial charge in [-0.1, -0.05) is 23.7 Å². The van der Waals surface area contributed by atoms with E-state index in [9.17, 15) is 4.79 Å². The van der Waals surface area contributed by atoms with E-state index in [0.29, 0.717) is 19.0 Å². The Balaban J connectivity index is 1.41. The van der Waals surface area contributed by atoms with Crippen LogP contribution in [0.2, 0.25) is 5.02 Å². The Kier molecular flexibility index (Phi) is 7.98. The van der Waals surface area contributed by atoms with Crippen LogP contribution < -0.4 is 10.6 Å². The first kappa shape index (κ1) is 20.9. The molecule has 0 spiro atoms. The van der Waals surface area contributed by atoms with Crippen molar-refractivity contribution in [1.29, 1.82) is 0 Å². The molecule has 1 amide bonds. The minimum atomic E-state index is 0.164. The Labute approximate surface area is 173 Å². The van der Waals surface area contributed by atoms with Gasteiger partial charge in [0.15, 0.2) is 5.96 Å². The van der Waals surface area contributed by atoms with Crippen LogP contribution in [0.5, 0.6) is 0 Å². The van der Waals surface area contributed by atoms with Crippen molar-refractivity contribution in [1.82, 2.24) is 20.4 Å². The Bertz CT molecular complexity index is 669. The number of hydrogen-bond acceptors (Lipinski definition) is 3. The summed E-state index contributed by atoms with van der Waals surface area (Å²) in [5.41, 5.74) is 1.26. The summed E-state index contributed by atoms with van der Waals surface area (Å²) in [6.07, 6.45) is 3.63. The molecule has 0 unspecified atom stereocenters.